The SMILES string of the molecule is CCNC(=NCC1(C)CCCS1)NCCCCC(=O)OC.I. The molecule has 7 heteroatoms. The Balaban J connectivity index is 0.00000441. The van der Waals surface area contributed by atoms with Crippen LogP contribution in [-0.2, 0) is 9.53 Å². The first-order chi connectivity index (χ1) is 10.1. The number of carbonyl (C=O) groups excluding carboxylic acids is 1. The highest BCUT2D eigenvalue weighted by Crippen LogP contribution is 2.37. The van der Waals surface area contributed by atoms with E-state index in [0.717, 1.165) is 38.4 Å². The Bertz CT molecular complexity index is 348. The van der Waals surface area contributed by atoms with E-state index in [0.29, 0.717) is 11.2 Å². The lowest BCUT2D eigenvalue weighted by Gasteiger charge is -2.21. The maximum Gasteiger partial charge on any atom is 0.305 e. The number of rotatable bonds is 8. The first-order valence-corrected chi connectivity index (χ1v) is 8.81. The molecule has 1 saturated heterocycles. The first-order valence-electron chi connectivity index (χ1n) is 7.82. The maximum atomic E-state index is 11.0. The minimum atomic E-state index is -0.137. The summed E-state index contributed by atoms with van der Waals surface area (Å²) in [5.41, 5.74) is 0. The highest BCUT2D eigenvalue weighted by atomic mass is 127. The van der Waals surface area contributed by atoms with Crippen LogP contribution in [0.5, 0.6) is 0 Å². The van der Waals surface area contributed by atoms with E-state index in [-0.39, 0.29) is 29.9 Å². The largest absolute Gasteiger partial charge is 0.469 e. The van der Waals surface area contributed by atoms with Crippen molar-refractivity contribution in [3.05, 3.63) is 0 Å². The number of hydrogen-bond donors (Lipinski definition) is 2. The number of thioether (sulfide) groups is 1. The average molecular weight is 443 g/mol. The van der Waals surface area contributed by atoms with Gasteiger partial charge in [-0.05, 0) is 45.3 Å². The van der Waals surface area contributed by atoms with E-state index >= 15 is 0 Å². The summed E-state index contributed by atoms with van der Waals surface area (Å²) < 4.78 is 4.92. The van der Waals surface area contributed by atoms with Crippen molar-refractivity contribution < 1.29 is 9.53 Å². The molecule has 1 aliphatic rings. The Morgan fingerprint density at radius 3 is 2.73 bits per heavy atom. The molecule has 0 spiro atoms. The van der Waals surface area contributed by atoms with E-state index in [2.05, 4.69) is 29.2 Å². The van der Waals surface area contributed by atoms with Gasteiger partial charge in [-0.3, -0.25) is 9.79 Å². The van der Waals surface area contributed by atoms with Gasteiger partial charge in [-0.1, -0.05) is 0 Å². The second-order valence-corrected chi connectivity index (χ2v) is 7.24. The van der Waals surface area contributed by atoms with Crippen LogP contribution in [-0.4, -0.2) is 49.2 Å². The molecule has 0 aromatic rings. The fourth-order valence-electron chi connectivity index (χ4n) is 2.25. The monoisotopic (exact) mass is 443 g/mol. The average Bonchev–Trinajstić information content (AvgIpc) is 2.91. The van der Waals surface area contributed by atoms with E-state index in [1.807, 2.05) is 11.8 Å². The van der Waals surface area contributed by atoms with Crippen molar-refractivity contribution in [3.63, 3.8) is 0 Å². The maximum absolute atomic E-state index is 11.0. The molecule has 0 aromatic carbocycles. The standard InChI is InChI=1S/C15H29N3O2S.HI/c1-4-16-14(17-10-6-5-8-13(19)20-3)18-12-15(2)9-7-11-21-15;/h4-12H2,1-3H3,(H2,16,17,18);1H. The minimum Gasteiger partial charge on any atom is -0.469 e. The smallest absolute Gasteiger partial charge is 0.305 e. The summed E-state index contributed by atoms with van der Waals surface area (Å²) in [6.07, 6.45) is 4.81. The number of carbonyl (C=O) groups is 1. The third kappa shape index (κ3) is 9.07. The van der Waals surface area contributed by atoms with Gasteiger partial charge < -0.3 is 15.4 Å². The second kappa shape index (κ2) is 12.3. The van der Waals surface area contributed by atoms with E-state index in [1.165, 1.54) is 25.7 Å². The number of ether oxygens (including phenoxy) is 1. The van der Waals surface area contributed by atoms with Crippen molar-refractivity contribution in [2.45, 2.75) is 50.7 Å². The van der Waals surface area contributed by atoms with Gasteiger partial charge in [0.25, 0.3) is 0 Å². The van der Waals surface area contributed by atoms with Crippen LogP contribution in [0.25, 0.3) is 0 Å². The Morgan fingerprint density at radius 2 is 2.14 bits per heavy atom. The number of guanidine groups is 1. The van der Waals surface area contributed by atoms with Crippen LogP contribution in [0.1, 0.15) is 46.0 Å². The lowest BCUT2D eigenvalue weighted by atomic mass is 10.1. The molecule has 0 radical (unpaired) electrons. The molecule has 2 N–H and O–H groups in total. The van der Waals surface area contributed by atoms with Crippen LogP contribution in [0.4, 0.5) is 0 Å². The number of hydrogen-bond acceptors (Lipinski definition) is 4. The molecule has 0 saturated carbocycles. The van der Waals surface area contributed by atoms with Crippen LogP contribution < -0.4 is 10.6 Å². The van der Waals surface area contributed by atoms with Gasteiger partial charge >= 0.3 is 5.97 Å². The Morgan fingerprint density at radius 1 is 1.36 bits per heavy atom. The molecule has 1 unspecified atom stereocenters. The minimum absolute atomic E-state index is 0. The fourth-order valence-corrected chi connectivity index (χ4v) is 3.48. The van der Waals surface area contributed by atoms with Crippen LogP contribution in [0.3, 0.4) is 0 Å². The summed E-state index contributed by atoms with van der Waals surface area (Å²) >= 11 is 2.03. The predicted octanol–water partition coefficient (Wildman–Crippen LogP) is 2.79. The van der Waals surface area contributed by atoms with Crippen LogP contribution >= 0.6 is 35.7 Å². The molecule has 1 rings (SSSR count). The van der Waals surface area contributed by atoms with Gasteiger partial charge in [0.05, 0.1) is 13.7 Å². The lowest BCUT2D eigenvalue weighted by molar-refractivity contribution is -0.140. The molecule has 0 amide bonds. The van der Waals surface area contributed by atoms with Crippen molar-refractivity contribution in [3.8, 4) is 0 Å². The summed E-state index contributed by atoms with van der Waals surface area (Å²) in [5, 5.41) is 6.60. The summed E-state index contributed by atoms with van der Waals surface area (Å²) in [5.74, 6) is 2.00. The van der Waals surface area contributed by atoms with Crippen LogP contribution in [0, 0.1) is 0 Å². The molecule has 1 aliphatic heterocycles. The third-order valence-corrected chi connectivity index (χ3v) is 5.07. The van der Waals surface area contributed by atoms with Gasteiger partial charge in [-0.2, -0.15) is 11.8 Å². The second-order valence-electron chi connectivity index (χ2n) is 5.56. The van der Waals surface area contributed by atoms with E-state index in [4.69, 9.17) is 4.99 Å². The zero-order chi connectivity index (χ0) is 15.6. The van der Waals surface area contributed by atoms with Crippen molar-refractivity contribution >= 4 is 47.7 Å². The molecule has 22 heavy (non-hydrogen) atoms. The predicted molar refractivity (Wildman–Crippen MR) is 105 cm³/mol. The van der Waals surface area contributed by atoms with E-state index in [9.17, 15) is 4.79 Å². The molecule has 1 fully saturated rings. The quantitative estimate of drug-likeness (QED) is 0.199. The van der Waals surface area contributed by atoms with E-state index < -0.39 is 0 Å². The van der Waals surface area contributed by atoms with Crippen LogP contribution in [0.15, 0.2) is 4.99 Å². The van der Waals surface area contributed by atoms with Gasteiger partial charge in [-0.15, -0.1) is 24.0 Å². The summed E-state index contributed by atoms with van der Waals surface area (Å²) in [7, 11) is 1.43. The first kappa shape index (κ1) is 21.8. The number of methoxy groups -OCH3 is 1. The van der Waals surface area contributed by atoms with Gasteiger partial charge in [0.2, 0.25) is 0 Å². The van der Waals surface area contributed by atoms with Gasteiger partial charge in [0, 0.05) is 24.3 Å². The lowest BCUT2D eigenvalue weighted by Crippen LogP contribution is -2.39. The summed E-state index contributed by atoms with van der Waals surface area (Å²) in [6.45, 7) is 6.91. The zero-order valence-electron chi connectivity index (χ0n) is 13.9. The topological polar surface area (TPSA) is 62.7 Å². The van der Waals surface area contributed by atoms with Crippen molar-refractivity contribution in [1.82, 2.24) is 10.6 Å². The molecular formula is C15H30IN3O2S. The molecular weight excluding hydrogens is 413 g/mol. The van der Waals surface area contributed by atoms with E-state index in [1.54, 1.807) is 0 Å². The van der Waals surface area contributed by atoms with Gasteiger partial charge in [0.15, 0.2) is 5.96 Å². The number of nitrogens with zero attached hydrogens (tertiary/aromatic N) is 1. The Kier molecular flexibility index (Phi) is 12.2. The van der Waals surface area contributed by atoms with Crippen molar-refractivity contribution in [2.75, 3.05) is 32.5 Å². The van der Waals surface area contributed by atoms with Crippen molar-refractivity contribution in [2.24, 2.45) is 4.99 Å². The van der Waals surface area contributed by atoms with Gasteiger partial charge in [0.1, 0.15) is 0 Å². The Hall–Kier alpha value is -0.180. The molecule has 0 aromatic heterocycles. The zero-order valence-corrected chi connectivity index (χ0v) is 17.1. The number of unbranched alkanes of at least 4 members (excludes halogenated alkanes) is 1. The molecule has 1 atom stereocenters. The molecule has 0 aliphatic carbocycles. The molecule has 1 heterocycles. The number of esters is 1. The molecule has 5 nitrogen and oxygen atoms in total. The number of nitrogens with one attached hydrogen (secondary N) is 2. The number of aliphatic imine (C=N–C) groups is 1. The molecule has 130 valence electrons. The summed E-state index contributed by atoms with van der Waals surface area (Å²) in [6, 6.07) is 0. The fraction of sp³-hybridized carbons (Fsp3) is 0.867. The Labute approximate surface area is 155 Å². The highest BCUT2D eigenvalue weighted by molar-refractivity contribution is 14.0. The molecule has 0 bridgehead atoms. The van der Waals surface area contributed by atoms with Crippen LogP contribution in [0.2, 0.25) is 0 Å². The third-order valence-electron chi connectivity index (χ3n) is 3.54. The van der Waals surface area contributed by atoms with Crippen molar-refractivity contribution in [1.29, 1.82) is 0 Å². The summed E-state index contributed by atoms with van der Waals surface area (Å²) in [4.78, 5) is 15.7. The number of halogens is 1. The normalized spacial score (nSPS) is 21.1. The highest BCUT2D eigenvalue weighted by Gasteiger charge is 2.29. The van der Waals surface area contributed by atoms with Gasteiger partial charge in [-0.25, -0.2) is 0 Å².